The van der Waals surface area contributed by atoms with Gasteiger partial charge in [0, 0.05) is 5.92 Å². The lowest BCUT2D eigenvalue weighted by molar-refractivity contribution is -0.112. The highest BCUT2D eigenvalue weighted by atomic mass is 16.7. The Hall–Kier alpha value is -0.340. The van der Waals surface area contributed by atoms with Crippen LogP contribution in [0.1, 0.15) is 38.5 Å². The summed E-state index contributed by atoms with van der Waals surface area (Å²) in [6, 6.07) is 0. The summed E-state index contributed by atoms with van der Waals surface area (Å²) in [5.74, 6) is 4.02. The molecule has 0 N–H and O–H groups in total. The SMILES string of the molecule is C1=C[C@H]2C[C@@H]1[C@H](C1CCCCC1)[C@H]2C1OCCO1. The van der Waals surface area contributed by atoms with Gasteiger partial charge in [0.05, 0.1) is 13.2 Å². The van der Waals surface area contributed by atoms with Crippen molar-refractivity contribution in [3.8, 4) is 0 Å². The van der Waals surface area contributed by atoms with Crippen molar-refractivity contribution in [2.45, 2.75) is 44.8 Å². The van der Waals surface area contributed by atoms with E-state index in [1.54, 1.807) is 0 Å². The summed E-state index contributed by atoms with van der Waals surface area (Å²) in [5, 5.41) is 0. The van der Waals surface area contributed by atoms with Gasteiger partial charge in [-0.3, -0.25) is 0 Å². The first-order chi connectivity index (χ1) is 8.93. The Morgan fingerprint density at radius 3 is 2.17 bits per heavy atom. The molecular weight excluding hydrogens is 224 g/mol. The zero-order valence-electron chi connectivity index (χ0n) is 11.1. The molecule has 0 aromatic heterocycles. The Bertz CT molecular complexity index is 326. The Morgan fingerprint density at radius 1 is 0.778 bits per heavy atom. The van der Waals surface area contributed by atoms with E-state index in [1.165, 1.54) is 38.5 Å². The van der Waals surface area contributed by atoms with E-state index in [1.807, 2.05) is 0 Å². The standard InChI is InChI=1S/C16H24O2/c1-2-4-11(5-3-1)14-12-6-7-13(10-12)15(14)16-17-8-9-18-16/h6-7,11-16H,1-5,8-10H2/t12-,13+,14+,15+/m1/s1. The summed E-state index contributed by atoms with van der Waals surface area (Å²) in [6.07, 6.45) is 13.7. The number of fused-ring (bicyclic) bond motifs is 2. The van der Waals surface area contributed by atoms with E-state index >= 15 is 0 Å². The fraction of sp³-hybridized carbons (Fsp3) is 0.875. The summed E-state index contributed by atoms with van der Waals surface area (Å²) in [5.41, 5.74) is 0. The van der Waals surface area contributed by atoms with Gasteiger partial charge in [0.15, 0.2) is 6.29 Å². The lowest BCUT2D eigenvalue weighted by atomic mass is 9.69. The van der Waals surface area contributed by atoms with Crippen LogP contribution in [0.4, 0.5) is 0 Å². The summed E-state index contributed by atoms with van der Waals surface area (Å²) in [7, 11) is 0. The lowest BCUT2D eigenvalue weighted by Crippen LogP contribution is -2.36. The van der Waals surface area contributed by atoms with Crippen LogP contribution in [0, 0.1) is 29.6 Å². The van der Waals surface area contributed by atoms with Crippen molar-refractivity contribution in [1.29, 1.82) is 0 Å². The third kappa shape index (κ3) is 1.77. The molecule has 1 aliphatic heterocycles. The molecule has 4 atom stereocenters. The second-order valence-corrected chi connectivity index (χ2v) is 6.61. The van der Waals surface area contributed by atoms with Crippen molar-refractivity contribution < 1.29 is 9.47 Å². The van der Waals surface area contributed by atoms with Gasteiger partial charge < -0.3 is 9.47 Å². The Morgan fingerprint density at radius 2 is 1.44 bits per heavy atom. The Balaban J connectivity index is 1.56. The fourth-order valence-electron chi connectivity index (χ4n) is 5.06. The zero-order chi connectivity index (χ0) is 11.9. The van der Waals surface area contributed by atoms with Crippen molar-refractivity contribution in [3.63, 3.8) is 0 Å². The monoisotopic (exact) mass is 248 g/mol. The number of hydrogen-bond acceptors (Lipinski definition) is 2. The average Bonchev–Trinajstić information content (AvgIpc) is 3.15. The second kappa shape index (κ2) is 4.64. The van der Waals surface area contributed by atoms with E-state index < -0.39 is 0 Å². The van der Waals surface area contributed by atoms with E-state index in [9.17, 15) is 0 Å². The van der Waals surface area contributed by atoms with Gasteiger partial charge in [-0.2, -0.15) is 0 Å². The topological polar surface area (TPSA) is 18.5 Å². The first kappa shape index (κ1) is 11.5. The molecule has 0 radical (unpaired) electrons. The van der Waals surface area contributed by atoms with Gasteiger partial charge in [0.25, 0.3) is 0 Å². The molecule has 2 nitrogen and oxygen atoms in total. The van der Waals surface area contributed by atoms with Crippen LogP contribution >= 0.6 is 0 Å². The van der Waals surface area contributed by atoms with E-state index in [4.69, 9.17) is 9.47 Å². The molecule has 0 aromatic carbocycles. The summed E-state index contributed by atoms with van der Waals surface area (Å²) < 4.78 is 11.7. The molecule has 0 amide bonds. The molecule has 2 saturated carbocycles. The van der Waals surface area contributed by atoms with Crippen molar-refractivity contribution in [1.82, 2.24) is 0 Å². The van der Waals surface area contributed by atoms with Crippen LogP contribution in [-0.4, -0.2) is 19.5 Å². The zero-order valence-corrected chi connectivity index (χ0v) is 11.1. The minimum Gasteiger partial charge on any atom is -0.350 e. The van der Waals surface area contributed by atoms with Crippen LogP contribution in [-0.2, 0) is 9.47 Å². The van der Waals surface area contributed by atoms with Gasteiger partial charge in [-0.25, -0.2) is 0 Å². The number of hydrogen-bond donors (Lipinski definition) is 0. The molecular formula is C16H24O2. The van der Waals surface area contributed by atoms with Crippen LogP contribution in [0.25, 0.3) is 0 Å². The highest BCUT2D eigenvalue weighted by Gasteiger charge is 2.52. The second-order valence-electron chi connectivity index (χ2n) is 6.61. The minimum absolute atomic E-state index is 0.108. The van der Waals surface area contributed by atoms with E-state index in [0.717, 1.165) is 36.9 Å². The van der Waals surface area contributed by atoms with E-state index in [2.05, 4.69) is 12.2 Å². The summed E-state index contributed by atoms with van der Waals surface area (Å²) in [6.45, 7) is 1.61. The van der Waals surface area contributed by atoms with E-state index in [-0.39, 0.29) is 6.29 Å². The van der Waals surface area contributed by atoms with Crippen LogP contribution < -0.4 is 0 Å². The fourth-order valence-corrected chi connectivity index (χ4v) is 5.06. The van der Waals surface area contributed by atoms with Gasteiger partial charge in [0.2, 0.25) is 0 Å². The maximum Gasteiger partial charge on any atom is 0.161 e. The van der Waals surface area contributed by atoms with Gasteiger partial charge in [-0.15, -0.1) is 0 Å². The maximum absolute atomic E-state index is 5.85. The third-order valence-electron chi connectivity index (χ3n) is 5.74. The van der Waals surface area contributed by atoms with E-state index in [0.29, 0.717) is 5.92 Å². The molecule has 2 bridgehead atoms. The largest absolute Gasteiger partial charge is 0.350 e. The van der Waals surface area contributed by atoms with Gasteiger partial charge in [0.1, 0.15) is 0 Å². The molecule has 3 fully saturated rings. The van der Waals surface area contributed by atoms with Gasteiger partial charge in [-0.1, -0.05) is 44.3 Å². The van der Waals surface area contributed by atoms with Crippen LogP contribution in [0.15, 0.2) is 12.2 Å². The molecule has 0 spiro atoms. The Labute approximate surface area is 110 Å². The molecule has 4 aliphatic rings. The lowest BCUT2D eigenvalue weighted by Gasteiger charge is -2.38. The molecule has 3 aliphatic carbocycles. The predicted molar refractivity (Wildman–Crippen MR) is 70.0 cm³/mol. The highest BCUT2D eigenvalue weighted by Crippen LogP contribution is 2.55. The molecule has 1 saturated heterocycles. The number of allylic oxidation sites excluding steroid dienone is 2. The van der Waals surface area contributed by atoms with Crippen molar-refractivity contribution in [3.05, 3.63) is 12.2 Å². The Kier molecular flexibility index (Phi) is 2.96. The van der Waals surface area contributed by atoms with Crippen molar-refractivity contribution in [2.75, 3.05) is 13.2 Å². The molecule has 100 valence electrons. The maximum atomic E-state index is 5.85. The van der Waals surface area contributed by atoms with Crippen molar-refractivity contribution >= 4 is 0 Å². The normalized spacial score (nSPS) is 45.1. The number of rotatable bonds is 2. The molecule has 0 aromatic rings. The first-order valence-electron chi connectivity index (χ1n) is 7.85. The highest BCUT2D eigenvalue weighted by molar-refractivity contribution is 5.15. The van der Waals surface area contributed by atoms with Crippen LogP contribution in [0.2, 0.25) is 0 Å². The molecule has 4 rings (SSSR count). The smallest absolute Gasteiger partial charge is 0.161 e. The minimum atomic E-state index is 0.108. The molecule has 1 heterocycles. The quantitative estimate of drug-likeness (QED) is 0.697. The van der Waals surface area contributed by atoms with Gasteiger partial charge >= 0.3 is 0 Å². The average molecular weight is 248 g/mol. The summed E-state index contributed by atoms with van der Waals surface area (Å²) >= 11 is 0. The molecule has 2 heteroatoms. The first-order valence-corrected chi connectivity index (χ1v) is 7.85. The third-order valence-corrected chi connectivity index (χ3v) is 5.74. The predicted octanol–water partition coefficient (Wildman–Crippen LogP) is 3.38. The summed E-state index contributed by atoms with van der Waals surface area (Å²) in [4.78, 5) is 0. The van der Waals surface area contributed by atoms with Crippen LogP contribution in [0.5, 0.6) is 0 Å². The van der Waals surface area contributed by atoms with Gasteiger partial charge in [-0.05, 0) is 30.1 Å². The molecule has 18 heavy (non-hydrogen) atoms. The molecule has 0 unspecified atom stereocenters. The number of ether oxygens (including phenoxy) is 2. The van der Waals surface area contributed by atoms with Crippen molar-refractivity contribution in [2.24, 2.45) is 29.6 Å². The van der Waals surface area contributed by atoms with Crippen LogP contribution in [0.3, 0.4) is 0 Å².